The Hall–Kier alpha value is -2.47. The zero-order chi connectivity index (χ0) is 13.4. The van der Waals surface area contributed by atoms with Gasteiger partial charge in [-0.15, -0.1) is 11.3 Å². The number of hydrogen-bond acceptors (Lipinski definition) is 4. The van der Waals surface area contributed by atoms with Crippen LogP contribution in [0.4, 0.5) is 0 Å². The molecule has 2 aromatic heterocycles. The summed E-state index contributed by atoms with van der Waals surface area (Å²) >= 11 is 1.45. The number of thiophene rings is 1. The van der Waals surface area contributed by atoms with Gasteiger partial charge in [-0.3, -0.25) is 4.79 Å². The molecular weight excluding hydrogens is 264 g/mol. The molecule has 2 heterocycles. The molecule has 0 aliphatic heterocycles. The lowest BCUT2D eigenvalue weighted by molar-refractivity contribution is 0.0687. The van der Waals surface area contributed by atoms with Crippen molar-refractivity contribution in [3.05, 3.63) is 52.9 Å². The van der Waals surface area contributed by atoms with Crippen LogP contribution >= 0.6 is 11.3 Å². The predicted molar refractivity (Wildman–Crippen MR) is 70.8 cm³/mol. The van der Waals surface area contributed by atoms with Crippen molar-refractivity contribution in [2.75, 3.05) is 0 Å². The van der Waals surface area contributed by atoms with Gasteiger partial charge in [0.05, 0.1) is 6.33 Å². The summed E-state index contributed by atoms with van der Waals surface area (Å²) in [5, 5.41) is 11.5. The number of hydrogen-bond donors (Lipinski definition) is 2. The molecule has 94 valence electrons. The van der Waals surface area contributed by atoms with Crippen molar-refractivity contribution in [3.63, 3.8) is 0 Å². The van der Waals surface area contributed by atoms with Gasteiger partial charge in [0.1, 0.15) is 5.69 Å². The Labute approximate surface area is 111 Å². The third-order valence-corrected chi connectivity index (χ3v) is 3.76. The summed E-state index contributed by atoms with van der Waals surface area (Å²) in [6.07, 6.45) is 1.21. The number of aromatic amines is 1. The van der Waals surface area contributed by atoms with Crippen LogP contribution in [-0.2, 0) is 0 Å². The minimum absolute atomic E-state index is 0.0592. The number of H-pyrrole nitrogens is 1. The fourth-order valence-electron chi connectivity index (χ4n) is 1.91. The highest BCUT2D eigenvalue weighted by atomic mass is 32.1. The van der Waals surface area contributed by atoms with Gasteiger partial charge >= 0.3 is 5.97 Å². The third kappa shape index (κ3) is 1.82. The average molecular weight is 272 g/mol. The Bertz CT molecular complexity index is 788. The maximum Gasteiger partial charge on any atom is 0.354 e. The number of aromatic nitrogens is 2. The minimum atomic E-state index is -1.19. The molecule has 0 spiro atoms. The smallest absolute Gasteiger partial charge is 0.354 e. The molecule has 3 aromatic rings. The normalized spacial score (nSPS) is 10.7. The summed E-state index contributed by atoms with van der Waals surface area (Å²) in [7, 11) is 0. The van der Waals surface area contributed by atoms with E-state index in [1.807, 2.05) is 24.3 Å². The second-order valence-electron chi connectivity index (χ2n) is 3.91. The van der Waals surface area contributed by atoms with E-state index in [1.54, 1.807) is 5.38 Å². The molecule has 0 atom stereocenters. The topological polar surface area (TPSA) is 83.0 Å². The van der Waals surface area contributed by atoms with Gasteiger partial charge in [0.2, 0.25) is 5.78 Å². The first kappa shape index (κ1) is 11.6. The monoisotopic (exact) mass is 272 g/mol. The number of carbonyl (C=O) groups is 2. The van der Waals surface area contributed by atoms with Crippen molar-refractivity contribution >= 4 is 33.2 Å². The number of benzene rings is 1. The number of rotatable bonds is 3. The largest absolute Gasteiger partial charge is 0.477 e. The van der Waals surface area contributed by atoms with Crippen molar-refractivity contribution in [1.82, 2.24) is 9.97 Å². The Kier molecular flexibility index (Phi) is 2.64. The summed E-state index contributed by atoms with van der Waals surface area (Å²) in [4.78, 5) is 29.7. The first-order valence-electron chi connectivity index (χ1n) is 5.46. The molecule has 6 heteroatoms. The van der Waals surface area contributed by atoms with Crippen LogP contribution < -0.4 is 0 Å². The molecule has 2 N–H and O–H groups in total. The lowest BCUT2D eigenvalue weighted by Crippen LogP contribution is -2.09. The van der Waals surface area contributed by atoms with Gasteiger partial charge in [0.25, 0.3) is 0 Å². The Morgan fingerprint density at radius 1 is 1.26 bits per heavy atom. The van der Waals surface area contributed by atoms with Crippen LogP contribution in [0.5, 0.6) is 0 Å². The maximum absolute atomic E-state index is 12.4. The summed E-state index contributed by atoms with van der Waals surface area (Å²) in [6.45, 7) is 0. The SMILES string of the molecule is O=C(O)c1[nH]cnc1C(=O)c1csc2ccccc12. The zero-order valence-electron chi connectivity index (χ0n) is 9.58. The lowest BCUT2D eigenvalue weighted by atomic mass is 10.1. The van der Waals surface area contributed by atoms with Crippen LogP contribution in [0, 0.1) is 0 Å². The molecular formula is C13H8N2O3S. The molecule has 0 saturated heterocycles. The van der Waals surface area contributed by atoms with Crippen LogP contribution in [0.25, 0.3) is 10.1 Å². The van der Waals surface area contributed by atoms with Gasteiger partial charge in [-0.2, -0.15) is 0 Å². The molecule has 0 aliphatic carbocycles. The molecule has 5 nitrogen and oxygen atoms in total. The molecule has 3 rings (SSSR count). The Morgan fingerprint density at radius 3 is 2.84 bits per heavy atom. The van der Waals surface area contributed by atoms with Crippen molar-refractivity contribution in [2.24, 2.45) is 0 Å². The fourth-order valence-corrected chi connectivity index (χ4v) is 2.85. The van der Waals surface area contributed by atoms with Crippen molar-refractivity contribution < 1.29 is 14.7 Å². The second kappa shape index (κ2) is 4.33. The van der Waals surface area contributed by atoms with Crippen molar-refractivity contribution in [1.29, 1.82) is 0 Å². The molecule has 19 heavy (non-hydrogen) atoms. The molecule has 0 radical (unpaired) electrons. The number of carbonyl (C=O) groups excluding carboxylic acids is 1. The summed E-state index contributed by atoms with van der Waals surface area (Å²) in [5.74, 6) is -1.57. The van der Waals surface area contributed by atoms with E-state index in [9.17, 15) is 9.59 Å². The third-order valence-electron chi connectivity index (χ3n) is 2.79. The number of carboxylic acids is 1. The highest BCUT2D eigenvalue weighted by molar-refractivity contribution is 7.17. The van der Waals surface area contributed by atoms with E-state index in [-0.39, 0.29) is 17.2 Å². The molecule has 0 bridgehead atoms. The molecule has 0 saturated carbocycles. The zero-order valence-corrected chi connectivity index (χ0v) is 10.4. The van der Waals surface area contributed by atoms with E-state index in [2.05, 4.69) is 9.97 Å². The second-order valence-corrected chi connectivity index (χ2v) is 4.82. The number of aromatic carboxylic acids is 1. The number of nitrogens with zero attached hydrogens (tertiary/aromatic N) is 1. The minimum Gasteiger partial charge on any atom is -0.477 e. The first-order chi connectivity index (χ1) is 9.18. The van der Waals surface area contributed by atoms with Gasteiger partial charge in [-0.05, 0) is 6.07 Å². The highest BCUT2D eigenvalue weighted by Crippen LogP contribution is 2.27. The van der Waals surface area contributed by atoms with Crippen LogP contribution in [0.15, 0.2) is 36.0 Å². The Balaban J connectivity index is 2.14. The summed E-state index contributed by atoms with van der Waals surface area (Å²) in [6, 6.07) is 7.49. The molecule has 0 aliphatic rings. The molecule has 0 fully saturated rings. The van der Waals surface area contributed by atoms with Gasteiger partial charge in [0, 0.05) is 21.0 Å². The molecule has 0 unspecified atom stereocenters. The van der Waals surface area contributed by atoms with E-state index in [0.29, 0.717) is 5.56 Å². The van der Waals surface area contributed by atoms with Crippen molar-refractivity contribution in [3.8, 4) is 0 Å². The fraction of sp³-hybridized carbons (Fsp3) is 0. The van der Waals surface area contributed by atoms with Gasteiger partial charge in [0.15, 0.2) is 5.69 Å². The molecule has 0 amide bonds. The van der Waals surface area contributed by atoms with E-state index in [0.717, 1.165) is 10.1 Å². The van der Waals surface area contributed by atoms with Gasteiger partial charge in [-0.1, -0.05) is 18.2 Å². The van der Waals surface area contributed by atoms with Crippen LogP contribution in [0.1, 0.15) is 26.5 Å². The van der Waals surface area contributed by atoms with Gasteiger partial charge < -0.3 is 10.1 Å². The van der Waals surface area contributed by atoms with Crippen LogP contribution in [0.3, 0.4) is 0 Å². The van der Waals surface area contributed by atoms with Crippen LogP contribution in [0.2, 0.25) is 0 Å². The number of fused-ring (bicyclic) bond motifs is 1. The number of ketones is 1. The van der Waals surface area contributed by atoms with E-state index >= 15 is 0 Å². The van der Waals surface area contributed by atoms with Gasteiger partial charge in [-0.25, -0.2) is 9.78 Å². The predicted octanol–water partition coefficient (Wildman–Crippen LogP) is 2.55. The molecule has 1 aromatic carbocycles. The number of nitrogens with one attached hydrogen (secondary N) is 1. The summed E-state index contributed by atoms with van der Waals surface area (Å²) in [5.41, 5.74) is 0.242. The van der Waals surface area contributed by atoms with Crippen molar-refractivity contribution in [2.45, 2.75) is 0 Å². The number of carboxylic acid groups (broad SMARTS) is 1. The Morgan fingerprint density at radius 2 is 2.05 bits per heavy atom. The lowest BCUT2D eigenvalue weighted by Gasteiger charge is -1.98. The maximum atomic E-state index is 12.4. The average Bonchev–Trinajstić information content (AvgIpc) is 3.05. The standard InChI is InChI=1S/C13H8N2O3S/c16-12(10-11(13(17)18)15-6-14-10)8-5-19-9-4-2-1-3-7(8)9/h1-6H,(H,14,15)(H,17,18). The van der Waals surface area contributed by atoms with E-state index in [1.165, 1.54) is 17.7 Å². The van der Waals surface area contributed by atoms with E-state index < -0.39 is 5.97 Å². The summed E-state index contributed by atoms with van der Waals surface area (Å²) < 4.78 is 0.985. The highest BCUT2D eigenvalue weighted by Gasteiger charge is 2.23. The van der Waals surface area contributed by atoms with Crippen LogP contribution in [-0.4, -0.2) is 26.8 Å². The number of imidazole rings is 1. The first-order valence-corrected chi connectivity index (χ1v) is 6.34. The quantitative estimate of drug-likeness (QED) is 0.718. The van der Waals surface area contributed by atoms with E-state index in [4.69, 9.17) is 5.11 Å².